The Hall–Kier alpha value is -1.51. The minimum atomic E-state index is -0.214. The Bertz CT molecular complexity index is 398. The molecule has 3 heteroatoms. The van der Waals surface area contributed by atoms with Gasteiger partial charge in [-0.1, -0.05) is 6.07 Å². The summed E-state index contributed by atoms with van der Waals surface area (Å²) < 4.78 is 10.5. The largest absolute Gasteiger partial charge is 0.497 e. The molecule has 0 bridgehead atoms. The van der Waals surface area contributed by atoms with Crippen LogP contribution in [0.5, 0.6) is 5.75 Å². The summed E-state index contributed by atoms with van der Waals surface area (Å²) in [6.07, 6.45) is 2.92. The molecule has 0 unspecified atom stereocenters. The molecule has 0 N–H and O–H groups in total. The van der Waals surface area contributed by atoms with Crippen LogP contribution in [0, 0.1) is 0 Å². The number of methoxy groups -OCH3 is 1. The maximum absolute atomic E-state index is 11.0. The van der Waals surface area contributed by atoms with Crippen LogP contribution in [0.3, 0.4) is 0 Å². The van der Waals surface area contributed by atoms with Gasteiger partial charge in [0.25, 0.3) is 0 Å². The van der Waals surface area contributed by atoms with Crippen molar-refractivity contribution in [3.8, 4) is 5.75 Å². The van der Waals surface area contributed by atoms with Crippen molar-refractivity contribution in [3.05, 3.63) is 29.3 Å². The molecule has 86 valence electrons. The molecule has 0 aromatic heterocycles. The predicted octanol–water partition coefficient (Wildman–Crippen LogP) is 2.64. The third kappa shape index (κ3) is 2.18. The fraction of sp³-hybridized carbons (Fsp3) is 0.462. The summed E-state index contributed by atoms with van der Waals surface area (Å²) in [5, 5.41) is 0. The average Bonchev–Trinajstić information content (AvgIpc) is 2.28. The van der Waals surface area contributed by atoms with E-state index < -0.39 is 0 Å². The minimum absolute atomic E-state index is 0.0767. The van der Waals surface area contributed by atoms with Gasteiger partial charge in [0.15, 0.2) is 0 Å². The molecule has 1 aliphatic rings. The number of carbonyl (C=O) groups excluding carboxylic acids is 1. The van der Waals surface area contributed by atoms with E-state index in [-0.39, 0.29) is 12.1 Å². The molecule has 1 atom stereocenters. The molecule has 1 aromatic rings. The van der Waals surface area contributed by atoms with Crippen molar-refractivity contribution < 1.29 is 14.3 Å². The molecule has 16 heavy (non-hydrogen) atoms. The van der Waals surface area contributed by atoms with Crippen LogP contribution in [0.15, 0.2) is 18.2 Å². The SMILES string of the molecule is COc1ccc2c(c1)CCC[C@@H]2OC(C)=O. The zero-order chi connectivity index (χ0) is 11.5. The summed E-state index contributed by atoms with van der Waals surface area (Å²) >= 11 is 0. The predicted molar refractivity (Wildman–Crippen MR) is 60.4 cm³/mol. The highest BCUT2D eigenvalue weighted by molar-refractivity contribution is 5.66. The highest BCUT2D eigenvalue weighted by Crippen LogP contribution is 2.34. The Balaban J connectivity index is 2.28. The summed E-state index contributed by atoms with van der Waals surface area (Å²) in [5.74, 6) is 0.649. The summed E-state index contributed by atoms with van der Waals surface area (Å²) in [5.41, 5.74) is 2.36. The zero-order valence-electron chi connectivity index (χ0n) is 9.66. The second kappa shape index (κ2) is 4.56. The Morgan fingerprint density at radius 3 is 2.94 bits per heavy atom. The standard InChI is InChI=1S/C13H16O3/c1-9(14)16-13-5-3-4-10-8-11(15-2)6-7-12(10)13/h6-8,13H,3-5H2,1-2H3/t13-/m0/s1. The van der Waals surface area contributed by atoms with Gasteiger partial charge in [-0.15, -0.1) is 0 Å². The van der Waals surface area contributed by atoms with E-state index in [1.54, 1.807) is 7.11 Å². The van der Waals surface area contributed by atoms with Gasteiger partial charge in [0.1, 0.15) is 11.9 Å². The fourth-order valence-electron chi connectivity index (χ4n) is 2.20. The number of fused-ring (bicyclic) bond motifs is 1. The third-order valence-corrected chi connectivity index (χ3v) is 2.92. The van der Waals surface area contributed by atoms with Crippen LogP contribution in [-0.4, -0.2) is 13.1 Å². The first kappa shape index (κ1) is 11.0. The quantitative estimate of drug-likeness (QED) is 0.719. The molecule has 3 nitrogen and oxygen atoms in total. The topological polar surface area (TPSA) is 35.5 Å². The highest BCUT2D eigenvalue weighted by atomic mass is 16.5. The lowest BCUT2D eigenvalue weighted by Crippen LogP contribution is -2.15. The lowest BCUT2D eigenvalue weighted by atomic mass is 9.89. The van der Waals surface area contributed by atoms with E-state index >= 15 is 0 Å². The Labute approximate surface area is 95.4 Å². The Morgan fingerprint density at radius 2 is 2.25 bits per heavy atom. The average molecular weight is 220 g/mol. The molecular formula is C13H16O3. The number of benzene rings is 1. The highest BCUT2D eigenvalue weighted by Gasteiger charge is 2.22. The molecule has 0 spiro atoms. The van der Waals surface area contributed by atoms with Crippen molar-refractivity contribution in [3.63, 3.8) is 0 Å². The first-order chi connectivity index (χ1) is 7.70. The fourth-order valence-corrected chi connectivity index (χ4v) is 2.20. The van der Waals surface area contributed by atoms with Crippen molar-refractivity contribution in [2.75, 3.05) is 7.11 Å². The summed E-state index contributed by atoms with van der Waals surface area (Å²) in [7, 11) is 1.66. The number of hydrogen-bond acceptors (Lipinski definition) is 3. The number of hydrogen-bond donors (Lipinski definition) is 0. The molecule has 0 heterocycles. The molecule has 2 rings (SSSR count). The van der Waals surface area contributed by atoms with Crippen LogP contribution in [0.1, 0.15) is 37.0 Å². The summed E-state index contributed by atoms with van der Waals surface area (Å²) in [6, 6.07) is 5.95. The number of rotatable bonds is 2. The van der Waals surface area contributed by atoms with Gasteiger partial charge < -0.3 is 9.47 Å². The van der Waals surface area contributed by atoms with E-state index in [4.69, 9.17) is 9.47 Å². The van der Waals surface area contributed by atoms with E-state index in [1.165, 1.54) is 12.5 Å². The van der Waals surface area contributed by atoms with Gasteiger partial charge in [-0.3, -0.25) is 4.79 Å². The van der Waals surface area contributed by atoms with Crippen molar-refractivity contribution in [2.45, 2.75) is 32.3 Å². The van der Waals surface area contributed by atoms with Crippen molar-refractivity contribution in [1.82, 2.24) is 0 Å². The van der Waals surface area contributed by atoms with Crippen molar-refractivity contribution in [1.29, 1.82) is 0 Å². The molecule has 0 saturated heterocycles. The van der Waals surface area contributed by atoms with E-state index in [9.17, 15) is 4.79 Å². The first-order valence-electron chi connectivity index (χ1n) is 5.54. The Kier molecular flexibility index (Phi) is 3.13. The molecule has 1 aliphatic carbocycles. The first-order valence-corrected chi connectivity index (χ1v) is 5.54. The van der Waals surface area contributed by atoms with Gasteiger partial charge in [0.2, 0.25) is 0 Å². The lowest BCUT2D eigenvalue weighted by molar-refractivity contribution is -0.147. The number of carbonyl (C=O) groups is 1. The second-order valence-electron chi connectivity index (χ2n) is 4.06. The molecule has 0 aliphatic heterocycles. The van der Waals surface area contributed by atoms with E-state index in [0.717, 1.165) is 30.6 Å². The smallest absolute Gasteiger partial charge is 0.303 e. The normalized spacial score (nSPS) is 18.8. The number of esters is 1. The van der Waals surface area contributed by atoms with Gasteiger partial charge in [-0.2, -0.15) is 0 Å². The van der Waals surface area contributed by atoms with Crippen LogP contribution < -0.4 is 4.74 Å². The zero-order valence-corrected chi connectivity index (χ0v) is 9.66. The molecule has 0 radical (unpaired) electrons. The van der Waals surface area contributed by atoms with Crippen molar-refractivity contribution in [2.24, 2.45) is 0 Å². The van der Waals surface area contributed by atoms with Gasteiger partial charge in [-0.05, 0) is 42.5 Å². The van der Waals surface area contributed by atoms with Gasteiger partial charge in [-0.25, -0.2) is 0 Å². The van der Waals surface area contributed by atoms with Gasteiger partial charge in [0, 0.05) is 6.92 Å². The molecule has 0 amide bonds. The Morgan fingerprint density at radius 1 is 1.44 bits per heavy atom. The number of aryl methyl sites for hydroxylation is 1. The van der Waals surface area contributed by atoms with Crippen LogP contribution in [0.25, 0.3) is 0 Å². The third-order valence-electron chi connectivity index (χ3n) is 2.92. The summed E-state index contributed by atoms with van der Waals surface area (Å²) in [4.78, 5) is 11.0. The molecular weight excluding hydrogens is 204 g/mol. The maximum Gasteiger partial charge on any atom is 0.303 e. The number of ether oxygens (including phenoxy) is 2. The molecule has 0 saturated carbocycles. The maximum atomic E-state index is 11.0. The lowest BCUT2D eigenvalue weighted by Gasteiger charge is -2.25. The van der Waals surface area contributed by atoms with Crippen LogP contribution in [-0.2, 0) is 16.0 Å². The molecule has 0 fully saturated rings. The molecule has 1 aromatic carbocycles. The van der Waals surface area contributed by atoms with Crippen LogP contribution >= 0.6 is 0 Å². The minimum Gasteiger partial charge on any atom is -0.497 e. The van der Waals surface area contributed by atoms with E-state index in [0.29, 0.717) is 0 Å². The van der Waals surface area contributed by atoms with Crippen LogP contribution in [0.4, 0.5) is 0 Å². The monoisotopic (exact) mass is 220 g/mol. The van der Waals surface area contributed by atoms with Crippen LogP contribution in [0.2, 0.25) is 0 Å². The van der Waals surface area contributed by atoms with Crippen molar-refractivity contribution >= 4 is 5.97 Å². The van der Waals surface area contributed by atoms with E-state index in [1.807, 2.05) is 18.2 Å². The summed E-state index contributed by atoms with van der Waals surface area (Å²) in [6.45, 7) is 1.46. The second-order valence-corrected chi connectivity index (χ2v) is 4.06. The van der Waals surface area contributed by atoms with Gasteiger partial charge >= 0.3 is 5.97 Å². The van der Waals surface area contributed by atoms with E-state index in [2.05, 4.69) is 0 Å². The van der Waals surface area contributed by atoms with Gasteiger partial charge in [0.05, 0.1) is 7.11 Å².